The zero-order chi connectivity index (χ0) is 64.2. The number of hydrogen-bond acceptors (Lipinski definition) is 3. The Balaban J connectivity index is 0.658. The fraction of sp³-hybridized carbons (Fsp3) is 0.0319. The highest BCUT2D eigenvalue weighted by molar-refractivity contribution is 5.96. The molecule has 18 rings (SSSR count). The van der Waals surface area contributed by atoms with E-state index in [9.17, 15) is 0 Å². The lowest BCUT2D eigenvalue weighted by Gasteiger charge is -2.30. The highest BCUT2D eigenvalue weighted by atomic mass is 15.0. The van der Waals surface area contributed by atoms with Crippen LogP contribution in [0.4, 0.5) is 0 Å². The van der Waals surface area contributed by atoms with E-state index in [4.69, 9.17) is 15.0 Å². The van der Waals surface area contributed by atoms with Crippen LogP contribution in [-0.2, 0) is 5.41 Å². The molecule has 3 aliphatic rings. The minimum Gasteiger partial charge on any atom is -0.208 e. The van der Waals surface area contributed by atoms with Gasteiger partial charge in [-0.05, 0) is 188 Å². The Kier molecular flexibility index (Phi) is 14.3. The van der Waals surface area contributed by atoms with Gasteiger partial charge in [-0.25, -0.2) is 15.0 Å². The smallest absolute Gasteiger partial charge is 0.164 e. The summed E-state index contributed by atoms with van der Waals surface area (Å²) in [6, 6.07) is 124. The SMILES string of the molecule is C1=CCC(c2cccc(-c3ccc(-c4nc(-c5ccc(-c6cccc(-c7cccc(-c8ccccc8)c7)c6)cc5)nc(-c5cccc(-c6cccc(-c7cccc(-c8cccc(-c9ccc%10c(c9)C9(c%11ccccc%11-c%11ccccc%119)c9ccccc9-%10)c8)c7)c6)c5)n4)cc3)c2)C=C1. The lowest BCUT2D eigenvalue weighted by molar-refractivity contribution is 0.794. The first-order chi connectivity index (χ1) is 48.0. The van der Waals surface area contributed by atoms with Crippen LogP contribution < -0.4 is 0 Å². The van der Waals surface area contributed by atoms with Gasteiger partial charge in [0.1, 0.15) is 0 Å². The molecule has 3 heteroatoms. The van der Waals surface area contributed by atoms with E-state index in [1.165, 1.54) is 94.6 Å². The monoisotopic (exact) mass is 1230 g/mol. The molecule has 0 radical (unpaired) electrons. The van der Waals surface area contributed by atoms with Gasteiger partial charge in [-0.3, -0.25) is 0 Å². The van der Waals surface area contributed by atoms with Crippen molar-refractivity contribution in [1.29, 1.82) is 0 Å². The van der Waals surface area contributed by atoms with Gasteiger partial charge in [-0.2, -0.15) is 0 Å². The molecule has 0 bridgehead atoms. The van der Waals surface area contributed by atoms with E-state index in [0.717, 1.165) is 67.6 Å². The molecule has 0 saturated heterocycles. The van der Waals surface area contributed by atoms with Crippen LogP contribution in [-0.4, -0.2) is 15.0 Å². The second-order valence-corrected chi connectivity index (χ2v) is 25.7. The zero-order valence-electron chi connectivity index (χ0n) is 53.3. The minimum absolute atomic E-state index is 0.372. The van der Waals surface area contributed by atoms with Gasteiger partial charge in [0, 0.05) is 22.6 Å². The third kappa shape index (κ3) is 10.4. The Morgan fingerprint density at radius 3 is 0.938 bits per heavy atom. The number of aromatic nitrogens is 3. The predicted octanol–water partition coefficient (Wildman–Crippen LogP) is 24.2. The average molecular weight is 1230 g/mol. The van der Waals surface area contributed by atoms with Crippen molar-refractivity contribution >= 4 is 0 Å². The number of fused-ring (bicyclic) bond motifs is 10. The normalized spacial score (nSPS) is 13.6. The van der Waals surface area contributed by atoms with Crippen molar-refractivity contribution in [2.45, 2.75) is 17.8 Å². The van der Waals surface area contributed by atoms with Crippen molar-refractivity contribution in [3.05, 3.63) is 392 Å². The Morgan fingerprint density at radius 1 is 0.216 bits per heavy atom. The molecule has 1 heterocycles. The van der Waals surface area contributed by atoms with Crippen molar-refractivity contribution in [2.75, 3.05) is 0 Å². The van der Waals surface area contributed by atoms with Gasteiger partial charge < -0.3 is 0 Å². The number of nitrogens with zero attached hydrogens (tertiary/aromatic N) is 3. The minimum atomic E-state index is -0.397. The average Bonchev–Trinajstić information content (AvgIpc) is 1.51. The lowest BCUT2D eigenvalue weighted by atomic mass is 9.70. The molecule has 0 aliphatic heterocycles. The van der Waals surface area contributed by atoms with Gasteiger partial charge in [0.25, 0.3) is 0 Å². The van der Waals surface area contributed by atoms with E-state index < -0.39 is 5.41 Å². The molecule has 1 spiro atoms. The number of rotatable bonds is 12. The molecule has 1 unspecified atom stereocenters. The number of allylic oxidation sites excluding steroid dienone is 4. The zero-order valence-corrected chi connectivity index (χ0v) is 53.3. The van der Waals surface area contributed by atoms with Crippen LogP contribution in [0.3, 0.4) is 0 Å². The van der Waals surface area contributed by atoms with Gasteiger partial charge in [-0.15, -0.1) is 0 Å². The predicted molar refractivity (Wildman–Crippen MR) is 402 cm³/mol. The molecule has 3 nitrogen and oxygen atoms in total. The standard InChI is InChI=1S/C94H63N3/c1-3-20-62(21-4-1)68-24-13-26-70(54-68)64-44-48-66(49-45-64)91-95-92(67-50-46-65(47-51-67)71-27-15-29-73(56-71)72-28-14-25-69(55-72)63-22-5-2-6-23-63)97-93(96-91)82-37-19-36-80(60-82)78-34-17-32-76(58-78)74-30-16-31-75(57-74)77-33-18-35-79(59-77)81-52-53-86-85-40-9-12-43-89(85)94(90(86)61-81)87-41-10-7-38-83(87)84-39-8-11-42-88(84)94/h1-20,22-62H,21H2. The van der Waals surface area contributed by atoms with Gasteiger partial charge in [0.05, 0.1) is 5.41 Å². The van der Waals surface area contributed by atoms with Crippen LogP contribution in [0.5, 0.6) is 0 Å². The Hall–Kier alpha value is -12.4. The van der Waals surface area contributed by atoms with Gasteiger partial charge in [0.15, 0.2) is 17.5 Å². The van der Waals surface area contributed by atoms with Crippen molar-refractivity contribution in [3.63, 3.8) is 0 Å². The number of benzene rings is 14. The molecule has 0 N–H and O–H groups in total. The van der Waals surface area contributed by atoms with Crippen LogP contribution in [0, 0.1) is 0 Å². The summed E-state index contributed by atoms with van der Waals surface area (Å²) in [4.78, 5) is 15.8. The Morgan fingerprint density at radius 2 is 0.515 bits per heavy atom. The first-order valence-corrected chi connectivity index (χ1v) is 33.6. The van der Waals surface area contributed by atoms with Crippen molar-refractivity contribution < 1.29 is 0 Å². The summed E-state index contributed by atoms with van der Waals surface area (Å²) in [7, 11) is 0. The topological polar surface area (TPSA) is 38.7 Å². The van der Waals surface area contributed by atoms with Crippen molar-refractivity contribution in [2.24, 2.45) is 0 Å². The maximum absolute atomic E-state index is 5.30. The van der Waals surface area contributed by atoms with E-state index in [-0.39, 0.29) is 0 Å². The van der Waals surface area contributed by atoms with Gasteiger partial charge in [0.2, 0.25) is 0 Å². The first-order valence-electron chi connectivity index (χ1n) is 33.6. The van der Waals surface area contributed by atoms with Crippen molar-refractivity contribution in [3.8, 4) is 145 Å². The third-order valence-corrected chi connectivity index (χ3v) is 20.1. The molecule has 3 aliphatic carbocycles. The van der Waals surface area contributed by atoms with Crippen LogP contribution in [0.1, 0.15) is 40.2 Å². The van der Waals surface area contributed by atoms with E-state index in [2.05, 4.69) is 364 Å². The Labute approximate surface area is 566 Å². The summed E-state index contributed by atoms with van der Waals surface area (Å²) in [5.41, 5.74) is 32.8. The fourth-order valence-corrected chi connectivity index (χ4v) is 15.3. The van der Waals surface area contributed by atoms with E-state index in [1.807, 2.05) is 0 Å². The molecule has 0 fully saturated rings. The van der Waals surface area contributed by atoms with E-state index in [1.54, 1.807) is 0 Å². The highest BCUT2D eigenvalue weighted by Gasteiger charge is 2.51. The summed E-state index contributed by atoms with van der Waals surface area (Å²) >= 11 is 0. The summed E-state index contributed by atoms with van der Waals surface area (Å²) in [5.74, 6) is 2.19. The second-order valence-electron chi connectivity index (χ2n) is 25.7. The summed E-state index contributed by atoms with van der Waals surface area (Å²) in [6.07, 6.45) is 9.83. The molecule has 0 saturated carbocycles. The lowest BCUT2D eigenvalue weighted by Crippen LogP contribution is -2.25. The summed E-state index contributed by atoms with van der Waals surface area (Å²) < 4.78 is 0. The van der Waals surface area contributed by atoms with Gasteiger partial charge in [-0.1, -0.05) is 322 Å². The molecule has 1 atom stereocenters. The molecular formula is C94H63N3. The van der Waals surface area contributed by atoms with E-state index in [0.29, 0.717) is 23.4 Å². The largest absolute Gasteiger partial charge is 0.208 e. The van der Waals surface area contributed by atoms with Crippen molar-refractivity contribution in [1.82, 2.24) is 15.0 Å². The molecule has 97 heavy (non-hydrogen) atoms. The van der Waals surface area contributed by atoms with Crippen LogP contribution in [0.25, 0.3) is 145 Å². The number of hydrogen-bond donors (Lipinski definition) is 0. The quantitative estimate of drug-likeness (QED) is 0.122. The van der Waals surface area contributed by atoms with E-state index >= 15 is 0 Å². The van der Waals surface area contributed by atoms with Crippen LogP contribution in [0.15, 0.2) is 364 Å². The van der Waals surface area contributed by atoms with Crippen LogP contribution in [0.2, 0.25) is 0 Å². The first kappa shape index (κ1) is 57.3. The maximum Gasteiger partial charge on any atom is 0.164 e. The fourth-order valence-electron chi connectivity index (χ4n) is 15.3. The maximum atomic E-state index is 5.30. The van der Waals surface area contributed by atoms with Crippen LogP contribution >= 0.6 is 0 Å². The molecule has 14 aromatic carbocycles. The second kappa shape index (κ2) is 24.2. The molecule has 15 aromatic rings. The molecule has 454 valence electrons. The summed E-state index contributed by atoms with van der Waals surface area (Å²) in [5, 5.41) is 0. The van der Waals surface area contributed by atoms with Gasteiger partial charge >= 0.3 is 0 Å². The highest BCUT2D eigenvalue weighted by Crippen LogP contribution is 2.63. The molecule has 1 aromatic heterocycles. The molecular weight excluding hydrogens is 1170 g/mol. The Bertz CT molecular complexity index is 5550. The summed E-state index contributed by atoms with van der Waals surface area (Å²) in [6.45, 7) is 0. The third-order valence-electron chi connectivity index (χ3n) is 20.1. The molecule has 0 amide bonds.